The maximum Gasteiger partial charge on any atom is 0.408 e. The van der Waals surface area contributed by atoms with Crippen molar-refractivity contribution in [2.75, 3.05) is 6.54 Å². The third-order valence-corrected chi connectivity index (χ3v) is 4.97. The lowest BCUT2D eigenvalue weighted by atomic mass is 9.76. The summed E-state index contributed by atoms with van der Waals surface area (Å²) in [5.74, 6) is 0. The van der Waals surface area contributed by atoms with Crippen LogP contribution in [0.3, 0.4) is 0 Å². The van der Waals surface area contributed by atoms with E-state index in [-0.39, 0.29) is 17.7 Å². The summed E-state index contributed by atoms with van der Waals surface area (Å²) in [6, 6.07) is 8.70. The van der Waals surface area contributed by atoms with E-state index in [1.165, 1.54) is 5.56 Å². The quantitative estimate of drug-likeness (QED) is 0.715. The first-order valence-electron chi connectivity index (χ1n) is 8.73. The number of carbonyl (C=O) groups is 1. The molecule has 5 heteroatoms. The molecule has 0 aliphatic heterocycles. The average Bonchev–Trinajstić information content (AvgIpc) is 2.44. The van der Waals surface area contributed by atoms with E-state index in [1.54, 1.807) is 0 Å². The molecule has 0 spiro atoms. The van der Waals surface area contributed by atoms with Crippen LogP contribution >= 0.6 is 15.9 Å². The average molecular weight is 397 g/mol. The summed E-state index contributed by atoms with van der Waals surface area (Å²) in [6.07, 6.45) is 3.82. The zero-order valence-electron chi connectivity index (χ0n) is 15.1. The van der Waals surface area contributed by atoms with Crippen molar-refractivity contribution in [2.24, 2.45) is 0 Å². The molecule has 1 saturated carbocycles. The van der Waals surface area contributed by atoms with E-state index in [1.807, 2.05) is 20.8 Å². The van der Waals surface area contributed by atoms with Gasteiger partial charge >= 0.3 is 6.09 Å². The minimum Gasteiger partial charge on any atom is -0.444 e. The topological polar surface area (TPSA) is 50.4 Å². The number of rotatable bonds is 6. The molecular weight excluding hydrogens is 368 g/mol. The van der Waals surface area contributed by atoms with Gasteiger partial charge in [0.15, 0.2) is 0 Å². The lowest BCUT2D eigenvalue weighted by Crippen LogP contribution is -2.60. The van der Waals surface area contributed by atoms with Crippen molar-refractivity contribution in [2.45, 2.75) is 70.6 Å². The Bertz CT molecular complexity index is 547. The van der Waals surface area contributed by atoms with E-state index < -0.39 is 5.60 Å². The number of carbonyl (C=O) groups excluding carboxylic acids is 1. The van der Waals surface area contributed by atoms with Gasteiger partial charge in [-0.3, -0.25) is 0 Å². The van der Waals surface area contributed by atoms with Gasteiger partial charge < -0.3 is 15.4 Å². The summed E-state index contributed by atoms with van der Waals surface area (Å²) < 4.78 is 6.50. The molecule has 0 saturated heterocycles. The molecule has 134 valence electrons. The second-order valence-electron chi connectivity index (χ2n) is 7.65. The molecule has 1 aliphatic carbocycles. The minimum absolute atomic E-state index is 0.175. The van der Waals surface area contributed by atoms with E-state index in [0.29, 0.717) is 0 Å². The predicted octanol–water partition coefficient (Wildman–Crippen LogP) is 4.94. The van der Waals surface area contributed by atoms with Gasteiger partial charge in [-0.1, -0.05) is 35.0 Å². The lowest BCUT2D eigenvalue weighted by Gasteiger charge is -2.43. The molecule has 1 aromatic carbocycles. The maximum absolute atomic E-state index is 12.1. The van der Waals surface area contributed by atoms with Crippen molar-refractivity contribution >= 4 is 22.0 Å². The Morgan fingerprint density at radius 3 is 2.38 bits per heavy atom. The molecular formula is C19H29BrN2O2. The Kier molecular flexibility index (Phi) is 6.32. The largest absolute Gasteiger partial charge is 0.444 e. The van der Waals surface area contributed by atoms with Crippen molar-refractivity contribution in [1.29, 1.82) is 0 Å². The molecule has 2 rings (SSSR count). The third-order valence-electron chi connectivity index (χ3n) is 4.44. The lowest BCUT2D eigenvalue weighted by molar-refractivity contribution is 0.0378. The van der Waals surface area contributed by atoms with Gasteiger partial charge in [0.1, 0.15) is 5.60 Å². The number of alkyl carbamates (subject to hydrolysis) is 1. The fourth-order valence-corrected chi connectivity index (χ4v) is 3.25. The third kappa shape index (κ3) is 5.49. The van der Waals surface area contributed by atoms with Crippen molar-refractivity contribution in [1.82, 2.24) is 10.6 Å². The van der Waals surface area contributed by atoms with Crippen LogP contribution in [0.25, 0.3) is 0 Å². The zero-order valence-corrected chi connectivity index (χ0v) is 16.7. The van der Waals surface area contributed by atoms with Crippen LogP contribution in [-0.2, 0) is 4.74 Å². The first kappa shape index (κ1) is 19.3. The molecule has 0 bridgehead atoms. The van der Waals surface area contributed by atoms with E-state index >= 15 is 0 Å². The standard InChI is InChI=1S/C19H29BrN2O2/c1-5-16(14-7-9-15(20)10-8-14)21-13-19(11-6-12-19)22-17(23)24-18(2,3)4/h7-10,16,21H,5-6,11-13H2,1-4H3,(H,22,23). The van der Waals surface area contributed by atoms with Gasteiger partial charge in [-0.2, -0.15) is 0 Å². The fourth-order valence-electron chi connectivity index (χ4n) is 2.98. The summed E-state index contributed by atoms with van der Waals surface area (Å²) in [5, 5.41) is 6.73. The molecule has 4 nitrogen and oxygen atoms in total. The molecule has 1 atom stereocenters. The first-order chi connectivity index (χ1) is 11.2. The van der Waals surface area contributed by atoms with Crippen LogP contribution in [0.5, 0.6) is 0 Å². The van der Waals surface area contributed by atoms with Crippen LogP contribution in [0.15, 0.2) is 28.7 Å². The highest BCUT2D eigenvalue weighted by molar-refractivity contribution is 9.10. The van der Waals surface area contributed by atoms with Gasteiger partial charge in [0, 0.05) is 17.1 Å². The van der Waals surface area contributed by atoms with Crippen molar-refractivity contribution in [3.05, 3.63) is 34.3 Å². The predicted molar refractivity (Wildman–Crippen MR) is 101 cm³/mol. The second-order valence-corrected chi connectivity index (χ2v) is 8.57. The SMILES string of the molecule is CCC(NCC1(NC(=O)OC(C)(C)C)CCC1)c1ccc(Br)cc1. The summed E-state index contributed by atoms with van der Waals surface area (Å²) in [5.41, 5.74) is 0.629. The molecule has 1 amide bonds. The Hall–Kier alpha value is -1.07. The van der Waals surface area contributed by atoms with E-state index in [4.69, 9.17) is 4.74 Å². The molecule has 1 aromatic rings. The number of benzene rings is 1. The van der Waals surface area contributed by atoms with Gasteiger partial charge in [0.2, 0.25) is 0 Å². The Balaban J connectivity index is 1.94. The van der Waals surface area contributed by atoms with E-state index in [2.05, 4.69) is 57.8 Å². The fraction of sp³-hybridized carbons (Fsp3) is 0.632. The van der Waals surface area contributed by atoms with Crippen LogP contribution in [0.4, 0.5) is 4.79 Å². The van der Waals surface area contributed by atoms with Gasteiger partial charge in [0.05, 0.1) is 5.54 Å². The van der Waals surface area contributed by atoms with Gasteiger partial charge in [-0.15, -0.1) is 0 Å². The molecule has 1 aliphatic rings. The number of hydrogen-bond acceptors (Lipinski definition) is 3. The highest BCUT2D eigenvalue weighted by Crippen LogP contribution is 2.32. The molecule has 0 aromatic heterocycles. The molecule has 24 heavy (non-hydrogen) atoms. The normalized spacial score (nSPS) is 17.7. The summed E-state index contributed by atoms with van der Waals surface area (Å²) in [6.45, 7) is 8.60. The first-order valence-corrected chi connectivity index (χ1v) is 9.52. The van der Waals surface area contributed by atoms with Crippen LogP contribution < -0.4 is 10.6 Å². The smallest absolute Gasteiger partial charge is 0.408 e. The van der Waals surface area contributed by atoms with Crippen molar-refractivity contribution in [3.63, 3.8) is 0 Å². The maximum atomic E-state index is 12.1. The summed E-state index contributed by atoms with van der Waals surface area (Å²) in [7, 11) is 0. The monoisotopic (exact) mass is 396 g/mol. The molecule has 1 fully saturated rings. The van der Waals surface area contributed by atoms with E-state index in [0.717, 1.165) is 36.7 Å². The molecule has 0 radical (unpaired) electrons. The number of amides is 1. The second kappa shape index (κ2) is 7.87. The van der Waals surface area contributed by atoms with Crippen molar-refractivity contribution in [3.8, 4) is 0 Å². The van der Waals surface area contributed by atoms with E-state index in [9.17, 15) is 4.79 Å². The molecule has 0 heterocycles. The van der Waals surface area contributed by atoms with Gasteiger partial charge in [-0.25, -0.2) is 4.79 Å². The summed E-state index contributed by atoms with van der Waals surface area (Å²) in [4.78, 5) is 12.1. The Labute approximate surface area is 153 Å². The zero-order chi connectivity index (χ0) is 17.8. The summed E-state index contributed by atoms with van der Waals surface area (Å²) >= 11 is 3.48. The molecule has 2 N–H and O–H groups in total. The van der Waals surface area contributed by atoms with Crippen LogP contribution in [-0.4, -0.2) is 23.8 Å². The number of ether oxygens (including phenoxy) is 1. The van der Waals surface area contributed by atoms with Gasteiger partial charge in [-0.05, 0) is 64.2 Å². The molecule has 1 unspecified atom stereocenters. The van der Waals surface area contributed by atoms with Crippen LogP contribution in [0, 0.1) is 0 Å². The Morgan fingerprint density at radius 1 is 1.29 bits per heavy atom. The minimum atomic E-state index is -0.466. The number of halogens is 1. The number of hydrogen-bond donors (Lipinski definition) is 2. The van der Waals surface area contributed by atoms with Crippen LogP contribution in [0.2, 0.25) is 0 Å². The van der Waals surface area contributed by atoms with Crippen molar-refractivity contribution < 1.29 is 9.53 Å². The van der Waals surface area contributed by atoms with Crippen LogP contribution in [0.1, 0.15) is 65.0 Å². The Morgan fingerprint density at radius 2 is 1.92 bits per heavy atom. The van der Waals surface area contributed by atoms with Gasteiger partial charge in [0.25, 0.3) is 0 Å². The number of nitrogens with one attached hydrogen (secondary N) is 2. The highest BCUT2D eigenvalue weighted by atomic mass is 79.9. The highest BCUT2D eigenvalue weighted by Gasteiger charge is 2.39.